The minimum Gasteiger partial charge on any atom is -0.445 e. The number of benzene rings is 2. The van der Waals surface area contributed by atoms with Gasteiger partial charge < -0.3 is 35.3 Å². The molecule has 0 spiro atoms. The highest BCUT2D eigenvalue weighted by atomic mass is 32.1. The number of hydrogen-bond donors (Lipinski definition) is 4. The highest BCUT2D eigenvalue weighted by Gasteiger charge is 2.54. The van der Waals surface area contributed by atoms with E-state index in [1.54, 1.807) is 11.3 Å². The molecule has 4 aromatic rings. The number of ether oxygens (including phenoxy) is 3. The molecular weight excluding hydrogens is 568 g/mol. The number of aliphatic hydroxyl groups excluding tert-OH is 1. The molecule has 43 heavy (non-hydrogen) atoms. The molecular formula is C31H36N6O5S. The number of aliphatic hydroxyl groups is 1. The quantitative estimate of drug-likeness (QED) is 0.188. The second-order valence-corrected chi connectivity index (χ2v) is 12.3. The van der Waals surface area contributed by atoms with E-state index in [-0.39, 0.29) is 37.4 Å². The Morgan fingerprint density at radius 2 is 1.81 bits per heavy atom. The van der Waals surface area contributed by atoms with Crippen LogP contribution in [0.4, 0.5) is 16.6 Å². The van der Waals surface area contributed by atoms with E-state index in [9.17, 15) is 9.90 Å². The zero-order valence-corrected chi connectivity index (χ0v) is 25.2. The van der Waals surface area contributed by atoms with E-state index >= 15 is 0 Å². The van der Waals surface area contributed by atoms with Crippen molar-refractivity contribution in [1.82, 2.24) is 20.3 Å². The molecule has 2 aliphatic rings. The lowest BCUT2D eigenvalue weighted by atomic mass is 10.1. The van der Waals surface area contributed by atoms with Gasteiger partial charge in [-0.3, -0.25) is 0 Å². The summed E-state index contributed by atoms with van der Waals surface area (Å²) in [6.45, 7) is 6.66. The molecule has 1 saturated heterocycles. The van der Waals surface area contributed by atoms with Crippen molar-refractivity contribution < 1.29 is 24.1 Å². The maximum atomic E-state index is 12.1. The molecule has 2 aromatic carbocycles. The number of rotatable bonds is 10. The molecule has 1 aliphatic heterocycles. The molecule has 0 radical (unpaired) electrons. The van der Waals surface area contributed by atoms with Crippen molar-refractivity contribution in [3.63, 3.8) is 0 Å². The highest BCUT2D eigenvalue weighted by molar-refractivity contribution is 7.21. The third-order valence-corrected chi connectivity index (χ3v) is 8.68. The fraction of sp³-hybridized carbons (Fsp3) is 0.419. The van der Waals surface area contributed by atoms with Crippen LogP contribution >= 0.6 is 11.3 Å². The summed E-state index contributed by atoms with van der Waals surface area (Å²) < 4.78 is 18.8. The van der Waals surface area contributed by atoms with Crippen LogP contribution in [0.3, 0.4) is 0 Å². The molecule has 1 aliphatic carbocycles. The minimum absolute atomic E-state index is 0.0138. The normalized spacial score (nSPS) is 22.3. The van der Waals surface area contributed by atoms with Gasteiger partial charge in [-0.25, -0.2) is 14.8 Å². The Balaban J connectivity index is 1.19. The van der Waals surface area contributed by atoms with Crippen molar-refractivity contribution in [1.29, 1.82) is 0 Å². The van der Waals surface area contributed by atoms with Gasteiger partial charge in [0.2, 0.25) is 5.95 Å². The van der Waals surface area contributed by atoms with Gasteiger partial charge in [-0.15, -0.1) is 11.3 Å². The number of hydrogen-bond acceptors (Lipinski definition) is 11. The first-order chi connectivity index (χ1) is 20.8. The number of anilines is 2. The van der Waals surface area contributed by atoms with Crippen LogP contribution in [-0.2, 0) is 20.8 Å². The number of thiazole rings is 1. The molecule has 4 atom stereocenters. The number of amides is 1. The van der Waals surface area contributed by atoms with Crippen molar-refractivity contribution in [2.45, 2.75) is 57.8 Å². The van der Waals surface area contributed by atoms with E-state index in [2.05, 4.69) is 16.0 Å². The zero-order valence-electron chi connectivity index (χ0n) is 24.4. The Bertz CT molecular complexity index is 1550. The summed E-state index contributed by atoms with van der Waals surface area (Å²) in [6, 6.07) is 17.4. The minimum atomic E-state index is -0.734. The topological polar surface area (TPSA) is 140 Å². The van der Waals surface area contributed by atoms with Crippen molar-refractivity contribution in [2.24, 2.45) is 5.92 Å². The molecule has 2 aromatic heterocycles. The fourth-order valence-corrected chi connectivity index (χ4v) is 6.75. The molecule has 6 rings (SSSR count). The van der Waals surface area contributed by atoms with Crippen LogP contribution < -0.4 is 16.0 Å². The number of nitrogens with zero attached hydrogens (tertiary/aromatic N) is 3. The number of aryl methyl sites for hydroxylation is 1. The zero-order chi connectivity index (χ0) is 30.0. The summed E-state index contributed by atoms with van der Waals surface area (Å²) in [5.41, 5.74) is 3.41. The van der Waals surface area contributed by atoms with Gasteiger partial charge in [-0.1, -0.05) is 42.5 Å². The summed E-state index contributed by atoms with van der Waals surface area (Å²) in [6.07, 6.45) is -0.279. The largest absolute Gasteiger partial charge is 0.445 e. The van der Waals surface area contributed by atoms with Crippen molar-refractivity contribution in [3.8, 4) is 10.6 Å². The first-order valence-corrected chi connectivity index (χ1v) is 15.3. The highest BCUT2D eigenvalue weighted by Crippen LogP contribution is 2.44. The second kappa shape index (κ2) is 12.4. The molecule has 2 fully saturated rings. The molecule has 1 saturated carbocycles. The molecule has 1 amide bonds. The standard InChI is InChI=1S/C31H36N6O5S/c1-18-24(28-36-21-11-7-8-12-23(21)43-28)27(35-22-15-20(16-38)25-26(22)42-31(2,3)41-25)37-29(34-18)32-13-14-33-30(39)40-17-19-9-5-4-6-10-19/h4-12,20,22,25-26,38H,13-17H2,1-3H3,(H,33,39)(H2,32,34,35,37). The summed E-state index contributed by atoms with van der Waals surface area (Å²) in [5, 5.41) is 20.5. The average molecular weight is 605 g/mol. The van der Waals surface area contributed by atoms with Crippen LogP contribution in [0.25, 0.3) is 20.8 Å². The Labute approximate surface area is 254 Å². The number of carbonyl (C=O) groups is 1. The predicted molar refractivity (Wildman–Crippen MR) is 165 cm³/mol. The molecule has 226 valence electrons. The van der Waals surface area contributed by atoms with Gasteiger partial charge in [-0.05, 0) is 44.9 Å². The number of fused-ring (bicyclic) bond motifs is 2. The second-order valence-electron chi connectivity index (χ2n) is 11.3. The lowest BCUT2D eigenvalue weighted by Crippen LogP contribution is -2.35. The summed E-state index contributed by atoms with van der Waals surface area (Å²) in [4.78, 5) is 26.6. The summed E-state index contributed by atoms with van der Waals surface area (Å²) >= 11 is 1.59. The van der Waals surface area contributed by atoms with Gasteiger partial charge in [0.25, 0.3) is 0 Å². The Hall–Kier alpha value is -3.84. The molecule has 11 nitrogen and oxygen atoms in total. The molecule has 4 unspecified atom stereocenters. The summed E-state index contributed by atoms with van der Waals surface area (Å²) in [5.74, 6) is 0.257. The number of aromatic nitrogens is 3. The number of alkyl carbamates (subject to hydrolysis) is 1. The summed E-state index contributed by atoms with van der Waals surface area (Å²) in [7, 11) is 0. The van der Waals surface area contributed by atoms with Gasteiger partial charge in [-0.2, -0.15) is 4.98 Å². The number of carbonyl (C=O) groups excluding carboxylic acids is 1. The van der Waals surface area contributed by atoms with E-state index in [0.717, 1.165) is 32.0 Å². The first kappa shape index (κ1) is 29.2. The van der Waals surface area contributed by atoms with Crippen LogP contribution in [-0.4, -0.2) is 69.9 Å². The van der Waals surface area contributed by atoms with Crippen molar-refractivity contribution in [2.75, 3.05) is 30.3 Å². The third kappa shape index (κ3) is 6.57. The first-order valence-electron chi connectivity index (χ1n) is 14.5. The maximum Gasteiger partial charge on any atom is 0.407 e. The number of para-hydroxylation sites is 1. The molecule has 0 bridgehead atoms. The lowest BCUT2D eigenvalue weighted by molar-refractivity contribution is -0.158. The van der Waals surface area contributed by atoms with Crippen LogP contribution in [0.1, 0.15) is 31.5 Å². The van der Waals surface area contributed by atoms with E-state index in [0.29, 0.717) is 31.3 Å². The van der Waals surface area contributed by atoms with Crippen LogP contribution in [0.15, 0.2) is 54.6 Å². The van der Waals surface area contributed by atoms with Gasteiger partial charge in [0.1, 0.15) is 23.5 Å². The van der Waals surface area contributed by atoms with Gasteiger partial charge in [0.15, 0.2) is 5.79 Å². The fourth-order valence-electron chi connectivity index (χ4n) is 5.69. The lowest BCUT2D eigenvalue weighted by Gasteiger charge is -2.25. The molecule has 3 heterocycles. The van der Waals surface area contributed by atoms with Crippen LogP contribution in [0.5, 0.6) is 0 Å². The maximum absolute atomic E-state index is 12.1. The Morgan fingerprint density at radius 3 is 2.60 bits per heavy atom. The van der Waals surface area contributed by atoms with Crippen molar-refractivity contribution in [3.05, 3.63) is 65.9 Å². The smallest absolute Gasteiger partial charge is 0.407 e. The van der Waals surface area contributed by atoms with Gasteiger partial charge in [0.05, 0.1) is 33.6 Å². The van der Waals surface area contributed by atoms with E-state index in [1.165, 1.54) is 0 Å². The van der Waals surface area contributed by atoms with E-state index in [1.807, 2.05) is 75.4 Å². The number of nitrogens with one attached hydrogen (secondary N) is 3. The monoisotopic (exact) mass is 604 g/mol. The third-order valence-electron chi connectivity index (χ3n) is 7.63. The van der Waals surface area contributed by atoms with Gasteiger partial charge in [0, 0.05) is 25.6 Å². The van der Waals surface area contributed by atoms with E-state index in [4.69, 9.17) is 29.2 Å². The Kier molecular flexibility index (Phi) is 8.44. The average Bonchev–Trinajstić information content (AvgIpc) is 3.65. The van der Waals surface area contributed by atoms with Crippen LogP contribution in [0.2, 0.25) is 0 Å². The Morgan fingerprint density at radius 1 is 1.05 bits per heavy atom. The van der Waals surface area contributed by atoms with E-state index < -0.39 is 11.9 Å². The predicted octanol–water partition coefficient (Wildman–Crippen LogP) is 4.71. The van der Waals surface area contributed by atoms with Crippen molar-refractivity contribution >= 4 is 39.4 Å². The molecule has 12 heteroatoms. The van der Waals surface area contributed by atoms with Gasteiger partial charge >= 0.3 is 6.09 Å². The van der Waals surface area contributed by atoms with Crippen LogP contribution in [0, 0.1) is 12.8 Å². The molecule has 4 N–H and O–H groups in total. The SMILES string of the molecule is Cc1nc(NCCNC(=O)OCc2ccccc2)nc(NC2CC(CO)C3OC(C)(C)OC23)c1-c1nc2ccccc2s1.